The van der Waals surface area contributed by atoms with Crippen LogP contribution < -0.4 is 5.32 Å². The van der Waals surface area contributed by atoms with Gasteiger partial charge in [0.25, 0.3) is 0 Å². The summed E-state index contributed by atoms with van der Waals surface area (Å²) < 4.78 is 0. The molecule has 5 heteroatoms. The Kier molecular flexibility index (Phi) is 5.81. The molecule has 1 amide bonds. The van der Waals surface area contributed by atoms with E-state index in [4.69, 9.17) is 0 Å². The summed E-state index contributed by atoms with van der Waals surface area (Å²) in [5, 5.41) is 3.43. The lowest BCUT2D eigenvalue weighted by atomic mass is 10.1. The zero-order chi connectivity index (χ0) is 14.5. The van der Waals surface area contributed by atoms with Crippen molar-refractivity contribution in [2.24, 2.45) is 5.92 Å². The second-order valence-electron chi connectivity index (χ2n) is 6.74. The van der Waals surface area contributed by atoms with Crippen molar-refractivity contribution >= 4 is 6.41 Å². The minimum absolute atomic E-state index is 0.404. The summed E-state index contributed by atoms with van der Waals surface area (Å²) in [6.07, 6.45) is 2.18. The highest BCUT2D eigenvalue weighted by atomic mass is 16.1. The molecule has 0 aromatic rings. The molecule has 2 atom stereocenters. The van der Waals surface area contributed by atoms with Crippen molar-refractivity contribution in [3.05, 3.63) is 0 Å². The first kappa shape index (κ1) is 15.7. The smallest absolute Gasteiger partial charge is 0.210 e. The molecule has 2 rings (SSSR count). The molecular formula is C15H30N4O. The van der Waals surface area contributed by atoms with Crippen molar-refractivity contribution in [1.82, 2.24) is 20.0 Å². The summed E-state index contributed by atoms with van der Waals surface area (Å²) >= 11 is 0. The maximum atomic E-state index is 11.5. The second kappa shape index (κ2) is 7.38. The molecule has 0 radical (unpaired) electrons. The van der Waals surface area contributed by atoms with E-state index in [1.54, 1.807) is 0 Å². The monoisotopic (exact) mass is 282 g/mol. The molecule has 1 N–H and O–H groups in total. The first-order valence-corrected chi connectivity index (χ1v) is 7.94. The van der Waals surface area contributed by atoms with Crippen LogP contribution in [0.25, 0.3) is 0 Å². The number of rotatable bonds is 6. The Bertz CT molecular complexity index is 310. The van der Waals surface area contributed by atoms with Crippen LogP contribution in [0.1, 0.15) is 20.3 Å². The summed E-state index contributed by atoms with van der Waals surface area (Å²) in [6, 6.07) is 0.856. The van der Waals surface area contributed by atoms with Gasteiger partial charge in [-0.1, -0.05) is 13.8 Å². The van der Waals surface area contributed by atoms with Gasteiger partial charge in [0.05, 0.1) is 0 Å². The van der Waals surface area contributed by atoms with Crippen LogP contribution >= 0.6 is 0 Å². The van der Waals surface area contributed by atoms with E-state index in [1.165, 1.54) is 0 Å². The topological polar surface area (TPSA) is 38.8 Å². The fourth-order valence-electron chi connectivity index (χ4n) is 3.35. The lowest BCUT2D eigenvalue weighted by molar-refractivity contribution is -0.121. The molecule has 2 unspecified atom stereocenters. The number of nitrogens with zero attached hydrogens (tertiary/aromatic N) is 3. The number of carbonyl (C=O) groups is 1. The van der Waals surface area contributed by atoms with Crippen molar-refractivity contribution < 1.29 is 4.79 Å². The Morgan fingerprint density at radius 3 is 2.85 bits per heavy atom. The van der Waals surface area contributed by atoms with Crippen LogP contribution in [0, 0.1) is 5.92 Å². The first-order chi connectivity index (χ1) is 9.60. The van der Waals surface area contributed by atoms with E-state index < -0.39 is 0 Å². The van der Waals surface area contributed by atoms with Gasteiger partial charge in [-0.2, -0.15) is 0 Å². The van der Waals surface area contributed by atoms with Crippen LogP contribution in [0.4, 0.5) is 0 Å². The predicted molar refractivity (Wildman–Crippen MR) is 81.7 cm³/mol. The summed E-state index contributed by atoms with van der Waals surface area (Å²) in [4.78, 5) is 18.4. The first-order valence-electron chi connectivity index (χ1n) is 7.94. The number of piperazine rings is 1. The van der Waals surface area contributed by atoms with Crippen LogP contribution in [-0.2, 0) is 4.79 Å². The summed E-state index contributed by atoms with van der Waals surface area (Å²) in [7, 11) is 2.16. The maximum absolute atomic E-state index is 11.5. The van der Waals surface area contributed by atoms with Gasteiger partial charge in [0, 0.05) is 57.9 Å². The maximum Gasteiger partial charge on any atom is 0.210 e. The Morgan fingerprint density at radius 1 is 1.40 bits per heavy atom. The number of likely N-dealkylation sites (tertiary alicyclic amines) is 1. The Balaban J connectivity index is 1.84. The Morgan fingerprint density at radius 2 is 2.20 bits per heavy atom. The van der Waals surface area contributed by atoms with Gasteiger partial charge >= 0.3 is 0 Å². The van der Waals surface area contributed by atoms with Crippen molar-refractivity contribution in [1.29, 1.82) is 0 Å². The number of amides is 1. The molecule has 0 saturated carbocycles. The van der Waals surface area contributed by atoms with Gasteiger partial charge in [0.1, 0.15) is 0 Å². The lowest BCUT2D eigenvalue weighted by Gasteiger charge is -2.37. The Labute approximate surface area is 123 Å². The predicted octanol–water partition coefficient (Wildman–Crippen LogP) is 0.0787. The molecule has 116 valence electrons. The minimum Gasteiger partial charge on any atom is -0.339 e. The number of nitrogens with one attached hydrogen (secondary N) is 1. The van der Waals surface area contributed by atoms with Gasteiger partial charge in [0.15, 0.2) is 0 Å². The molecule has 5 nitrogen and oxygen atoms in total. The quantitative estimate of drug-likeness (QED) is 0.700. The van der Waals surface area contributed by atoms with Gasteiger partial charge in [-0.05, 0) is 19.4 Å². The van der Waals surface area contributed by atoms with E-state index in [-0.39, 0.29) is 0 Å². The highest BCUT2D eigenvalue weighted by Gasteiger charge is 2.30. The number of carbonyl (C=O) groups excluding carboxylic acids is 1. The SMILES string of the molecule is CC(C)CN1CCC(N(C=O)CC2CNCCN2C)C1. The number of likely N-dealkylation sites (N-methyl/N-ethyl adjacent to an activating group) is 1. The summed E-state index contributed by atoms with van der Waals surface area (Å²) in [5.41, 5.74) is 0. The van der Waals surface area contributed by atoms with E-state index in [0.29, 0.717) is 18.0 Å². The second-order valence-corrected chi connectivity index (χ2v) is 6.74. The molecule has 2 aliphatic heterocycles. The van der Waals surface area contributed by atoms with Crippen LogP contribution in [0.2, 0.25) is 0 Å². The van der Waals surface area contributed by atoms with Crippen molar-refractivity contribution in [3.8, 4) is 0 Å². The molecule has 0 spiro atoms. The Hall–Kier alpha value is -0.650. The van der Waals surface area contributed by atoms with Crippen molar-refractivity contribution in [3.63, 3.8) is 0 Å². The third-order valence-corrected chi connectivity index (χ3v) is 4.54. The normalized spacial score (nSPS) is 29.0. The number of hydrogen-bond donors (Lipinski definition) is 1. The van der Waals surface area contributed by atoms with Gasteiger partial charge in [0.2, 0.25) is 6.41 Å². The fraction of sp³-hybridized carbons (Fsp3) is 0.933. The van der Waals surface area contributed by atoms with Gasteiger partial charge in [-0.3, -0.25) is 9.69 Å². The van der Waals surface area contributed by atoms with Gasteiger partial charge in [-0.25, -0.2) is 0 Å². The zero-order valence-electron chi connectivity index (χ0n) is 13.2. The third-order valence-electron chi connectivity index (χ3n) is 4.54. The molecule has 0 bridgehead atoms. The highest BCUT2D eigenvalue weighted by Crippen LogP contribution is 2.17. The molecule has 0 aromatic carbocycles. The van der Waals surface area contributed by atoms with Crippen LogP contribution in [0.5, 0.6) is 0 Å². The average Bonchev–Trinajstić information content (AvgIpc) is 2.85. The third kappa shape index (κ3) is 4.17. The zero-order valence-corrected chi connectivity index (χ0v) is 13.2. The van der Waals surface area contributed by atoms with E-state index in [9.17, 15) is 4.79 Å². The largest absolute Gasteiger partial charge is 0.339 e. The van der Waals surface area contributed by atoms with Crippen LogP contribution in [0.3, 0.4) is 0 Å². The minimum atomic E-state index is 0.404. The average molecular weight is 282 g/mol. The lowest BCUT2D eigenvalue weighted by Crippen LogP contribution is -2.55. The van der Waals surface area contributed by atoms with Crippen molar-refractivity contribution in [2.45, 2.75) is 32.4 Å². The molecule has 2 fully saturated rings. The van der Waals surface area contributed by atoms with Gasteiger partial charge < -0.3 is 15.1 Å². The molecule has 0 aromatic heterocycles. The van der Waals surface area contributed by atoms with E-state index in [0.717, 1.165) is 58.6 Å². The van der Waals surface area contributed by atoms with E-state index in [1.807, 2.05) is 4.90 Å². The fourth-order valence-corrected chi connectivity index (χ4v) is 3.35. The summed E-state index contributed by atoms with van der Waals surface area (Å²) in [6.45, 7) is 11.8. The molecule has 0 aliphatic carbocycles. The van der Waals surface area contributed by atoms with Crippen LogP contribution in [-0.4, -0.2) is 86.1 Å². The molecule has 2 aliphatic rings. The summed E-state index contributed by atoms with van der Waals surface area (Å²) in [5.74, 6) is 0.701. The number of hydrogen-bond acceptors (Lipinski definition) is 4. The van der Waals surface area contributed by atoms with Gasteiger partial charge in [-0.15, -0.1) is 0 Å². The van der Waals surface area contributed by atoms with Crippen molar-refractivity contribution in [2.75, 3.05) is 52.9 Å². The molecule has 20 heavy (non-hydrogen) atoms. The standard InChI is InChI=1S/C15H30N4O/c1-13(2)9-18-6-4-14(10-18)19(12-20)11-15-8-16-5-7-17(15)3/h12-16H,4-11H2,1-3H3. The molecule has 2 heterocycles. The molecule has 2 saturated heterocycles. The molecular weight excluding hydrogens is 252 g/mol. The van der Waals surface area contributed by atoms with E-state index >= 15 is 0 Å². The highest BCUT2D eigenvalue weighted by molar-refractivity contribution is 5.48. The van der Waals surface area contributed by atoms with Crippen LogP contribution in [0.15, 0.2) is 0 Å². The van der Waals surface area contributed by atoms with E-state index in [2.05, 4.69) is 36.0 Å².